The summed E-state index contributed by atoms with van der Waals surface area (Å²) in [7, 11) is 0. The molecule has 2 aromatic rings. The number of rotatable bonds is 6. The number of aryl methyl sites for hydroxylation is 2. The van der Waals surface area contributed by atoms with Crippen molar-refractivity contribution < 1.29 is 9.53 Å². The number of ether oxygens (including phenoxy) is 1. The molecule has 2 rings (SSSR count). The molecule has 2 aromatic carbocycles. The van der Waals surface area contributed by atoms with Crippen molar-refractivity contribution in [2.45, 2.75) is 52.7 Å². The summed E-state index contributed by atoms with van der Waals surface area (Å²) < 4.78 is 5.82. The van der Waals surface area contributed by atoms with E-state index in [2.05, 4.69) is 23.5 Å². The van der Waals surface area contributed by atoms with E-state index in [1.807, 2.05) is 58.0 Å². The number of nitrogens with one attached hydrogen (secondary N) is 1. The second-order valence-electron chi connectivity index (χ2n) is 7.12. The predicted octanol–water partition coefficient (Wildman–Crippen LogP) is 4.21. The molecule has 0 fully saturated rings. The van der Waals surface area contributed by atoms with Crippen LogP contribution in [0.25, 0.3) is 0 Å². The normalized spacial score (nSPS) is 12.5. The number of benzene rings is 2. The lowest BCUT2D eigenvalue weighted by atomic mass is 9.94. The van der Waals surface area contributed by atoms with E-state index in [1.54, 1.807) is 6.92 Å². The van der Waals surface area contributed by atoms with Crippen molar-refractivity contribution in [3.63, 3.8) is 0 Å². The lowest BCUT2D eigenvalue weighted by molar-refractivity contribution is -0.128. The Balaban J connectivity index is 1.97. The molecule has 0 radical (unpaired) electrons. The van der Waals surface area contributed by atoms with Gasteiger partial charge in [-0.25, -0.2) is 0 Å². The molecule has 0 aliphatic rings. The topological polar surface area (TPSA) is 38.3 Å². The van der Waals surface area contributed by atoms with Crippen molar-refractivity contribution in [1.82, 2.24) is 5.32 Å². The van der Waals surface area contributed by atoms with Gasteiger partial charge in [0.15, 0.2) is 6.10 Å². The van der Waals surface area contributed by atoms with Crippen LogP contribution in [0.4, 0.5) is 0 Å². The fourth-order valence-corrected chi connectivity index (χ4v) is 2.84. The summed E-state index contributed by atoms with van der Waals surface area (Å²) in [5.41, 5.74) is 3.12. The van der Waals surface area contributed by atoms with Gasteiger partial charge in [0.25, 0.3) is 5.91 Å². The largest absolute Gasteiger partial charge is 0.481 e. The van der Waals surface area contributed by atoms with Gasteiger partial charge in [-0.1, -0.05) is 36.4 Å². The van der Waals surface area contributed by atoms with Crippen molar-refractivity contribution in [2.75, 3.05) is 0 Å². The highest BCUT2D eigenvalue weighted by Crippen LogP contribution is 2.18. The van der Waals surface area contributed by atoms with Crippen LogP contribution in [0.15, 0.2) is 48.5 Å². The maximum Gasteiger partial charge on any atom is 0.261 e. The lowest BCUT2D eigenvalue weighted by Crippen LogP contribution is -2.49. The van der Waals surface area contributed by atoms with Crippen LogP contribution in [0.5, 0.6) is 5.75 Å². The zero-order chi connectivity index (χ0) is 17.7. The van der Waals surface area contributed by atoms with Crippen LogP contribution in [0.3, 0.4) is 0 Å². The van der Waals surface area contributed by atoms with Crippen molar-refractivity contribution >= 4 is 5.91 Å². The van der Waals surface area contributed by atoms with Crippen molar-refractivity contribution in [2.24, 2.45) is 0 Å². The number of hydrogen-bond acceptors (Lipinski definition) is 2. The van der Waals surface area contributed by atoms with Crippen molar-refractivity contribution in [3.05, 3.63) is 65.2 Å². The Labute approximate surface area is 145 Å². The molecule has 0 spiro atoms. The number of carbonyl (C=O) groups excluding carboxylic acids is 1. The van der Waals surface area contributed by atoms with Gasteiger partial charge in [0.05, 0.1) is 0 Å². The molecule has 24 heavy (non-hydrogen) atoms. The molecule has 1 unspecified atom stereocenters. The van der Waals surface area contributed by atoms with Gasteiger partial charge in [-0.3, -0.25) is 4.79 Å². The standard InChI is InChI=1S/C21H27NO2/c1-15-11-16(2)13-19(12-15)24-17(3)20(23)22-21(4,5)14-18-9-7-6-8-10-18/h6-13,17H,14H2,1-5H3,(H,22,23). The van der Waals surface area contributed by atoms with E-state index >= 15 is 0 Å². The Morgan fingerprint density at radius 2 is 1.67 bits per heavy atom. The van der Waals surface area contributed by atoms with Crippen LogP contribution in [0.2, 0.25) is 0 Å². The third-order valence-corrected chi connectivity index (χ3v) is 3.83. The molecule has 0 aromatic heterocycles. The third kappa shape index (κ3) is 5.41. The maximum atomic E-state index is 12.5. The highest BCUT2D eigenvalue weighted by molar-refractivity contribution is 5.81. The Bertz CT molecular complexity index is 672. The van der Waals surface area contributed by atoms with Crippen LogP contribution >= 0.6 is 0 Å². The van der Waals surface area contributed by atoms with E-state index in [1.165, 1.54) is 5.56 Å². The highest BCUT2D eigenvalue weighted by Gasteiger charge is 2.25. The zero-order valence-corrected chi connectivity index (χ0v) is 15.2. The van der Waals surface area contributed by atoms with Crippen LogP contribution in [0.1, 0.15) is 37.5 Å². The molecule has 1 N–H and O–H groups in total. The van der Waals surface area contributed by atoms with E-state index in [0.717, 1.165) is 23.3 Å². The molecule has 0 saturated carbocycles. The zero-order valence-electron chi connectivity index (χ0n) is 15.2. The Morgan fingerprint density at radius 1 is 1.08 bits per heavy atom. The second kappa shape index (κ2) is 7.52. The van der Waals surface area contributed by atoms with Crippen LogP contribution in [0, 0.1) is 13.8 Å². The van der Waals surface area contributed by atoms with Gasteiger partial charge >= 0.3 is 0 Å². The minimum absolute atomic E-state index is 0.102. The van der Waals surface area contributed by atoms with Crippen LogP contribution in [-0.4, -0.2) is 17.6 Å². The summed E-state index contributed by atoms with van der Waals surface area (Å²) in [5.74, 6) is 0.631. The summed E-state index contributed by atoms with van der Waals surface area (Å²) >= 11 is 0. The molecule has 3 heteroatoms. The molecule has 0 heterocycles. The van der Waals surface area contributed by atoms with E-state index in [9.17, 15) is 4.79 Å². The SMILES string of the molecule is Cc1cc(C)cc(OC(C)C(=O)NC(C)(C)Cc2ccccc2)c1. The Hall–Kier alpha value is -2.29. The molecule has 0 saturated heterocycles. The van der Waals surface area contributed by atoms with Gasteiger partial charge in [-0.15, -0.1) is 0 Å². The third-order valence-electron chi connectivity index (χ3n) is 3.83. The van der Waals surface area contributed by atoms with Gasteiger partial charge in [-0.05, 0) is 69.9 Å². The smallest absolute Gasteiger partial charge is 0.261 e. The molecule has 1 atom stereocenters. The molecule has 1 amide bonds. The quantitative estimate of drug-likeness (QED) is 0.864. The fraction of sp³-hybridized carbons (Fsp3) is 0.381. The lowest BCUT2D eigenvalue weighted by Gasteiger charge is -2.28. The van der Waals surface area contributed by atoms with Gasteiger partial charge in [-0.2, -0.15) is 0 Å². The van der Waals surface area contributed by atoms with Gasteiger partial charge in [0.1, 0.15) is 5.75 Å². The number of amides is 1. The van der Waals surface area contributed by atoms with E-state index in [0.29, 0.717) is 0 Å². The molecule has 3 nitrogen and oxygen atoms in total. The molecule has 128 valence electrons. The summed E-state index contributed by atoms with van der Waals surface area (Å²) in [6.45, 7) is 9.88. The number of hydrogen-bond donors (Lipinski definition) is 1. The average molecular weight is 325 g/mol. The first-order valence-electron chi connectivity index (χ1n) is 8.36. The van der Waals surface area contributed by atoms with Gasteiger partial charge in [0.2, 0.25) is 0 Å². The first-order chi connectivity index (χ1) is 11.2. The molecule has 0 aliphatic heterocycles. The summed E-state index contributed by atoms with van der Waals surface area (Å²) in [4.78, 5) is 12.5. The molecule has 0 bridgehead atoms. The number of carbonyl (C=O) groups is 1. The maximum absolute atomic E-state index is 12.5. The summed E-state index contributed by atoms with van der Waals surface area (Å²) in [6.07, 6.45) is 0.233. The minimum atomic E-state index is -0.541. The highest BCUT2D eigenvalue weighted by atomic mass is 16.5. The second-order valence-corrected chi connectivity index (χ2v) is 7.12. The monoisotopic (exact) mass is 325 g/mol. The van der Waals surface area contributed by atoms with E-state index in [4.69, 9.17) is 4.74 Å². The summed E-state index contributed by atoms with van der Waals surface area (Å²) in [6, 6.07) is 16.2. The molecular weight excluding hydrogens is 298 g/mol. The summed E-state index contributed by atoms with van der Waals surface area (Å²) in [5, 5.41) is 3.09. The Morgan fingerprint density at radius 3 is 2.25 bits per heavy atom. The van der Waals surface area contributed by atoms with Crippen LogP contribution in [-0.2, 0) is 11.2 Å². The van der Waals surface area contributed by atoms with Crippen LogP contribution < -0.4 is 10.1 Å². The fourth-order valence-electron chi connectivity index (χ4n) is 2.84. The minimum Gasteiger partial charge on any atom is -0.481 e. The predicted molar refractivity (Wildman–Crippen MR) is 98.4 cm³/mol. The van der Waals surface area contributed by atoms with E-state index < -0.39 is 6.10 Å². The van der Waals surface area contributed by atoms with E-state index in [-0.39, 0.29) is 11.4 Å². The Kier molecular flexibility index (Phi) is 5.66. The van der Waals surface area contributed by atoms with Crippen molar-refractivity contribution in [3.8, 4) is 5.75 Å². The first kappa shape index (κ1) is 18.1. The molecular formula is C21H27NO2. The average Bonchev–Trinajstić information content (AvgIpc) is 2.46. The first-order valence-corrected chi connectivity index (χ1v) is 8.36. The van der Waals surface area contributed by atoms with Gasteiger partial charge < -0.3 is 10.1 Å². The molecule has 0 aliphatic carbocycles. The van der Waals surface area contributed by atoms with Gasteiger partial charge in [0, 0.05) is 5.54 Å². The van der Waals surface area contributed by atoms with Crippen molar-refractivity contribution in [1.29, 1.82) is 0 Å².